The molecule has 2 unspecified atom stereocenters. The molecule has 12 heteroatoms. The van der Waals surface area contributed by atoms with Gasteiger partial charge < -0.3 is 23.7 Å². The molecule has 0 aromatic heterocycles. The lowest BCUT2D eigenvalue weighted by Crippen LogP contribution is -2.31. The second-order valence-electron chi connectivity index (χ2n) is 6.44. The van der Waals surface area contributed by atoms with Crippen molar-refractivity contribution in [2.75, 3.05) is 39.6 Å². The summed E-state index contributed by atoms with van der Waals surface area (Å²) >= 11 is 0. The fraction of sp³-hybridized carbons (Fsp3) is 0.571. The SMILES string of the molecule is C=CCOOC(COCCOCC(COC(=O)C=C)OC(=O)CC(C)=O)OC(=O)CC(C)=O. The van der Waals surface area contributed by atoms with E-state index in [4.69, 9.17) is 33.5 Å². The molecule has 0 bridgehead atoms. The van der Waals surface area contributed by atoms with Crippen molar-refractivity contribution in [1.29, 1.82) is 0 Å². The molecule has 0 radical (unpaired) electrons. The average Bonchev–Trinajstić information content (AvgIpc) is 2.72. The zero-order chi connectivity index (χ0) is 25.1. The second-order valence-corrected chi connectivity index (χ2v) is 6.44. The largest absolute Gasteiger partial charge is 0.458 e. The van der Waals surface area contributed by atoms with E-state index < -0.39 is 43.1 Å². The zero-order valence-electron chi connectivity index (χ0n) is 18.8. The summed E-state index contributed by atoms with van der Waals surface area (Å²) in [7, 11) is 0. The topological polar surface area (TPSA) is 150 Å². The summed E-state index contributed by atoms with van der Waals surface area (Å²) in [4.78, 5) is 66.2. The van der Waals surface area contributed by atoms with E-state index in [-0.39, 0.29) is 51.2 Å². The Morgan fingerprint density at radius 1 is 0.818 bits per heavy atom. The zero-order valence-corrected chi connectivity index (χ0v) is 18.8. The maximum Gasteiger partial charge on any atom is 0.330 e. The molecule has 0 saturated heterocycles. The Morgan fingerprint density at radius 2 is 1.39 bits per heavy atom. The third-order valence-corrected chi connectivity index (χ3v) is 3.22. The minimum atomic E-state index is -1.23. The Kier molecular flexibility index (Phi) is 17.0. The molecule has 0 rings (SSSR count). The van der Waals surface area contributed by atoms with E-state index in [1.54, 1.807) is 0 Å². The van der Waals surface area contributed by atoms with Crippen LogP contribution in [-0.2, 0) is 57.4 Å². The molecule has 0 aromatic rings. The lowest BCUT2D eigenvalue weighted by molar-refractivity contribution is -0.371. The van der Waals surface area contributed by atoms with Gasteiger partial charge in [0.25, 0.3) is 6.29 Å². The summed E-state index contributed by atoms with van der Waals surface area (Å²) in [6.07, 6.45) is -0.664. The first kappa shape index (κ1) is 30.1. The maximum absolute atomic E-state index is 11.7. The fourth-order valence-corrected chi connectivity index (χ4v) is 1.93. The lowest BCUT2D eigenvalue weighted by atomic mass is 10.3. The first-order valence-corrected chi connectivity index (χ1v) is 9.89. The normalized spacial score (nSPS) is 12.2. The third kappa shape index (κ3) is 18.4. The number of carbonyl (C=O) groups excluding carboxylic acids is 5. The molecule has 0 heterocycles. The van der Waals surface area contributed by atoms with E-state index in [9.17, 15) is 24.0 Å². The summed E-state index contributed by atoms with van der Waals surface area (Å²) in [5, 5.41) is 0. The van der Waals surface area contributed by atoms with Gasteiger partial charge in [-0.05, 0) is 13.8 Å². The van der Waals surface area contributed by atoms with Crippen molar-refractivity contribution >= 4 is 29.5 Å². The summed E-state index contributed by atoms with van der Waals surface area (Å²) in [5.74, 6) is -3.06. The van der Waals surface area contributed by atoms with Crippen LogP contribution in [0, 0.1) is 0 Å². The van der Waals surface area contributed by atoms with Gasteiger partial charge in [0.2, 0.25) is 0 Å². The molecule has 0 saturated carbocycles. The smallest absolute Gasteiger partial charge is 0.330 e. The highest BCUT2D eigenvalue weighted by atomic mass is 17.2. The number of ketones is 2. The monoisotopic (exact) mass is 474 g/mol. The summed E-state index contributed by atoms with van der Waals surface area (Å²) < 4.78 is 25.5. The third-order valence-electron chi connectivity index (χ3n) is 3.22. The van der Waals surface area contributed by atoms with Crippen molar-refractivity contribution in [3.05, 3.63) is 25.3 Å². The van der Waals surface area contributed by atoms with Gasteiger partial charge in [-0.25, -0.2) is 9.68 Å². The van der Waals surface area contributed by atoms with Gasteiger partial charge in [-0.2, -0.15) is 4.89 Å². The van der Waals surface area contributed by atoms with Crippen LogP contribution in [0.3, 0.4) is 0 Å². The highest BCUT2D eigenvalue weighted by molar-refractivity contribution is 5.94. The maximum atomic E-state index is 11.7. The molecule has 0 fully saturated rings. The van der Waals surface area contributed by atoms with Crippen molar-refractivity contribution in [2.45, 2.75) is 39.1 Å². The highest BCUT2D eigenvalue weighted by Gasteiger charge is 2.19. The predicted molar refractivity (Wildman–Crippen MR) is 110 cm³/mol. The Morgan fingerprint density at radius 3 is 1.94 bits per heavy atom. The van der Waals surface area contributed by atoms with Gasteiger partial charge >= 0.3 is 17.9 Å². The molecule has 2 atom stereocenters. The second kappa shape index (κ2) is 18.6. The number of Topliss-reactive ketones (excluding diaryl/α,β-unsaturated/α-hetero) is 2. The van der Waals surface area contributed by atoms with E-state index in [0.29, 0.717) is 0 Å². The van der Waals surface area contributed by atoms with Crippen LogP contribution in [0.25, 0.3) is 0 Å². The van der Waals surface area contributed by atoms with E-state index in [0.717, 1.165) is 6.08 Å². The van der Waals surface area contributed by atoms with Crippen molar-refractivity contribution < 1.29 is 57.4 Å². The molecule has 0 spiro atoms. The molecule has 0 aliphatic carbocycles. The minimum absolute atomic E-state index is 0.0200. The van der Waals surface area contributed by atoms with Crippen molar-refractivity contribution in [3.8, 4) is 0 Å². The van der Waals surface area contributed by atoms with Gasteiger partial charge in [0, 0.05) is 6.08 Å². The summed E-state index contributed by atoms with van der Waals surface area (Å²) in [6, 6.07) is 0. The molecular weight excluding hydrogens is 444 g/mol. The fourth-order valence-electron chi connectivity index (χ4n) is 1.93. The molecule has 0 N–H and O–H groups in total. The van der Waals surface area contributed by atoms with Gasteiger partial charge in [0.05, 0.1) is 19.8 Å². The molecule has 12 nitrogen and oxygen atoms in total. The van der Waals surface area contributed by atoms with Crippen LogP contribution in [0.5, 0.6) is 0 Å². The Bertz CT molecular complexity index is 672. The molecule has 33 heavy (non-hydrogen) atoms. The van der Waals surface area contributed by atoms with Crippen molar-refractivity contribution in [2.24, 2.45) is 0 Å². The van der Waals surface area contributed by atoms with Gasteiger partial charge in [0.15, 0.2) is 6.10 Å². The van der Waals surface area contributed by atoms with E-state index in [1.807, 2.05) is 0 Å². The number of rotatable bonds is 20. The minimum Gasteiger partial charge on any atom is -0.458 e. The quantitative estimate of drug-likeness (QED) is 0.0280. The van der Waals surface area contributed by atoms with E-state index in [2.05, 4.69) is 13.2 Å². The predicted octanol–water partition coefficient (Wildman–Crippen LogP) is 0.622. The van der Waals surface area contributed by atoms with Crippen LogP contribution in [0.1, 0.15) is 26.7 Å². The number of carbonyl (C=O) groups is 5. The van der Waals surface area contributed by atoms with Crippen molar-refractivity contribution in [1.82, 2.24) is 0 Å². The molecular formula is C21H30O12. The standard InChI is InChI=1S/C21H30O12/c1-5-7-30-33-21(32-20(26)11-16(4)23)14-28-9-8-27-12-17(13-29-18(24)6-2)31-19(25)10-15(3)22/h5-6,17,21H,1-2,7-14H2,3-4H3. The first-order chi connectivity index (χ1) is 15.7. The van der Waals surface area contributed by atoms with Gasteiger partial charge in [0.1, 0.15) is 44.2 Å². The Balaban J connectivity index is 4.44. The van der Waals surface area contributed by atoms with E-state index >= 15 is 0 Å². The van der Waals surface area contributed by atoms with Gasteiger partial charge in [-0.15, -0.1) is 6.58 Å². The number of ether oxygens (including phenoxy) is 5. The Labute approximate surface area is 191 Å². The van der Waals surface area contributed by atoms with Gasteiger partial charge in [-0.1, -0.05) is 12.7 Å². The summed E-state index contributed by atoms with van der Waals surface area (Å²) in [6.45, 7) is 8.59. The number of hydrogen-bond acceptors (Lipinski definition) is 12. The molecule has 186 valence electrons. The van der Waals surface area contributed by atoms with Crippen LogP contribution in [0.2, 0.25) is 0 Å². The first-order valence-electron chi connectivity index (χ1n) is 9.89. The average molecular weight is 474 g/mol. The van der Waals surface area contributed by atoms with Crippen LogP contribution in [-0.4, -0.2) is 81.5 Å². The highest BCUT2D eigenvalue weighted by Crippen LogP contribution is 2.03. The van der Waals surface area contributed by atoms with Gasteiger partial charge in [-0.3, -0.25) is 19.2 Å². The Hall–Kier alpha value is -2.93. The van der Waals surface area contributed by atoms with Crippen LogP contribution < -0.4 is 0 Å². The molecule has 0 aromatic carbocycles. The number of hydrogen-bond donors (Lipinski definition) is 0. The number of esters is 3. The van der Waals surface area contributed by atoms with Crippen LogP contribution in [0.15, 0.2) is 25.3 Å². The molecule has 0 aliphatic rings. The summed E-state index contributed by atoms with van der Waals surface area (Å²) in [5.41, 5.74) is 0. The molecule has 0 aliphatic heterocycles. The molecule has 0 amide bonds. The van der Waals surface area contributed by atoms with Crippen LogP contribution in [0.4, 0.5) is 0 Å². The van der Waals surface area contributed by atoms with Crippen LogP contribution >= 0.6 is 0 Å². The van der Waals surface area contributed by atoms with E-state index in [1.165, 1.54) is 19.9 Å². The van der Waals surface area contributed by atoms with Crippen molar-refractivity contribution in [3.63, 3.8) is 0 Å². The lowest BCUT2D eigenvalue weighted by Gasteiger charge is -2.18.